The summed E-state index contributed by atoms with van der Waals surface area (Å²) in [7, 11) is 0. The molecule has 3 rings (SSSR count). The van der Waals surface area contributed by atoms with Gasteiger partial charge in [-0.25, -0.2) is 9.18 Å². The molecule has 140 valence electrons. The highest BCUT2D eigenvalue weighted by Crippen LogP contribution is 2.35. The summed E-state index contributed by atoms with van der Waals surface area (Å²) in [4.78, 5) is 37.2. The molecule has 2 amide bonds. The topological polar surface area (TPSA) is 102 Å². The van der Waals surface area contributed by atoms with Crippen molar-refractivity contribution in [3.8, 4) is 0 Å². The number of nitrogens with two attached hydrogens (primary N) is 1. The van der Waals surface area contributed by atoms with E-state index < -0.39 is 35.4 Å². The van der Waals surface area contributed by atoms with Crippen molar-refractivity contribution in [1.82, 2.24) is 5.32 Å². The molecule has 2 saturated heterocycles. The van der Waals surface area contributed by atoms with Gasteiger partial charge in [-0.05, 0) is 31.5 Å². The van der Waals surface area contributed by atoms with Gasteiger partial charge in [0.25, 0.3) is 0 Å². The van der Waals surface area contributed by atoms with Gasteiger partial charge < -0.3 is 20.7 Å². The number of hydrogen-bond donors (Lipinski definition) is 2. The van der Waals surface area contributed by atoms with Crippen molar-refractivity contribution < 1.29 is 23.5 Å². The summed E-state index contributed by atoms with van der Waals surface area (Å²) in [5.41, 5.74) is 4.80. The van der Waals surface area contributed by atoms with Gasteiger partial charge in [0.2, 0.25) is 5.91 Å². The van der Waals surface area contributed by atoms with Crippen LogP contribution in [0.4, 0.5) is 14.9 Å². The van der Waals surface area contributed by atoms with Gasteiger partial charge in [-0.2, -0.15) is 0 Å². The summed E-state index contributed by atoms with van der Waals surface area (Å²) in [6, 6.07) is 3.95. The van der Waals surface area contributed by atoms with Crippen LogP contribution in [-0.2, 0) is 19.7 Å². The highest BCUT2D eigenvalue weighted by Gasteiger charge is 2.47. The minimum atomic E-state index is -1.38. The van der Waals surface area contributed by atoms with E-state index in [0.717, 1.165) is 0 Å². The highest BCUT2D eigenvalue weighted by molar-refractivity contribution is 5.92. The Hall–Kier alpha value is -2.64. The van der Waals surface area contributed by atoms with E-state index in [1.807, 2.05) is 6.92 Å². The minimum absolute atomic E-state index is 0.0689. The zero-order chi connectivity index (χ0) is 19.2. The zero-order valence-electron chi connectivity index (χ0n) is 14.9. The lowest BCUT2D eigenvalue weighted by Gasteiger charge is -2.32. The van der Waals surface area contributed by atoms with Crippen LogP contribution in [0.5, 0.6) is 0 Å². The fraction of sp³-hybridized carbons (Fsp3) is 0.500. The van der Waals surface area contributed by atoms with Crippen molar-refractivity contribution in [2.45, 2.75) is 38.3 Å². The Balaban J connectivity index is 1.96. The molecular formula is C18H22FN3O4. The summed E-state index contributed by atoms with van der Waals surface area (Å²) >= 11 is 0. The van der Waals surface area contributed by atoms with Crippen molar-refractivity contribution in [3.63, 3.8) is 0 Å². The zero-order valence-corrected chi connectivity index (χ0v) is 14.9. The second-order valence-corrected chi connectivity index (χ2v) is 7.14. The monoisotopic (exact) mass is 363 g/mol. The van der Waals surface area contributed by atoms with Gasteiger partial charge in [0.1, 0.15) is 17.3 Å². The molecule has 2 aliphatic heterocycles. The van der Waals surface area contributed by atoms with Crippen LogP contribution >= 0.6 is 0 Å². The third-order valence-electron chi connectivity index (χ3n) is 5.53. The van der Waals surface area contributed by atoms with Gasteiger partial charge >= 0.3 is 6.09 Å². The van der Waals surface area contributed by atoms with E-state index in [1.165, 1.54) is 19.1 Å². The van der Waals surface area contributed by atoms with E-state index >= 15 is 0 Å². The second-order valence-electron chi connectivity index (χ2n) is 7.14. The van der Waals surface area contributed by atoms with Crippen LogP contribution in [0.3, 0.4) is 0 Å². The maximum atomic E-state index is 14.9. The number of carbonyl (C=O) groups excluding carboxylic acids is 3. The molecule has 1 aromatic carbocycles. The average molecular weight is 363 g/mol. The quantitative estimate of drug-likeness (QED) is 0.834. The van der Waals surface area contributed by atoms with E-state index in [1.54, 1.807) is 17.9 Å². The number of ether oxygens (including phenoxy) is 1. The smallest absolute Gasteiger partial charge is 0.407 e. The molecule has 4 unspecified atom stereocenters. The minimum Gasteiger partial charge on any atom is -0.443 e. The predicted molar refractivity (Wildman–Crippen MR) is 92.2 cm³/mol. The lowest BCUT2D eigenvalue weighted by Crippen LogP contribution is -2.49. The van der Waals surface area contributed by atoms with Gasteiger partial charge in [-0.3, -0.25) is 9.59 Å². The fourth-order valence-electron chi connectivity index (χ4n) is 3.68. The first-order valence-electron chi connectivity index (χ1n) is 8.51. The molecule has 7 nitrogen and oxygen atoms in total. The van der Waals surface area contributed by atoms with Gasteiger partial charge in [0.05, 0.1) is 18.3 Å². The number of nitrogens with zero attached hydrogens (tertiary/aromatic N) is 1. The van der Waals surface area contributed by atoms with Crippen molar-refractivity contribution >= 4 is 23.5 Å². The van der Waals surface area contributed by atoms with Crippen LogP contribution in [0.2, 0.25) is 0 Å². The lowest BCUT2D eigenvalue weighted by molar-refractivity contribution is -0.126. The van der Waals surface area contributed by atoms with Crippen LogP contribution in [0.15, 0.2) is 18.2 Å². The maximum absolute atomic E-state index is 14.9. The first-order chi connectivity index (χ1) is 12.2. The van der Waals surface area contributed by atoms with E-state index in [4.69, 9.17) is 10.5 Å². The molecule has 26 heavy (non-hydrogen) atoms. The van der Waals surface area contributed by atoms with E-state index in [2.05, 4.69) is 5.32 Å². The Labute approximate surface area is 150 Å². The number of cyclic esters (lactones) is 1. The summed E-state index contributed by atoms with van der Waals surface area (Å²) in [5, 5.41) is 2.48. The van der Waals surface area contributed by atoms with Crippen molar-refractivity contribution in [1.29, 1.82) is 0 Å². The summed E-state index contributed by atoms with van der Waals surface area (Å²) in [6.07, 6.45) is -1.47. The maximum Gasteiger partial charge on any atom is 0.407 e. The molecule has 3 N–H and O–H groups in total. The molecule has 2 fully saturated rings. The summed E-state index contributed by atoms with van der Waals surface area (Å²) in [6.45, 7) is 5.64. The Bertz CT molecular complexity index is 784. The number of Topliss-reactive ketones (excluding diaryl/α,β-unsaturated/α-hetero) is 1. The average Bonchev–Trinajstić information content (AvgIpc) is 3.13. The number of rotatable bonds is 4. The number of primary amides is 1. The molecule has 1 aromatic rings. The van der Waals surface area contributed by atoms with Crippen molar-refractivity contribution in [2.24, 2.45) is 11.7 Å². The summed E-state index contributed by atoms with van der Waals surface area (Å²) in [5.74, 6) is -1.37. The number of nitrogens with one attached hydrogen (secondary N) is 1. The Morgan fingerprint density at radius 3 is 2.54 bits per heavy atom. The molecule has 8 heteroatoms. The van der Waals surface area contributed by atoms with E-state index in [9.17, 15) is 18.8 Å². The second kappa shape index (κ2) is 6.26. The predicted octanol–water partition coefficient (Wildman–Crippen LogP) is 1.09. The number of alkyl carbamates (subject to hydrolysis) is 1. The highest BCUT2D eigenvalue weighted by atomic mass is 19.1. The van der Waals surface area contributed by atoms with Crippen LogP contribution in [0.25, 0.3) is 0 Å². The molecule has 2 aliphatic rings. The van der Waals surface area contributed by atoms with Crippen molar-refractivity contribution in [2.75, 3.05) is 18.0 Å². The normalized spacial score (nSPS) is 27.8. The summed E-state index contributed by atoms with van der Waals surface area (Å²) < 4.78 is 20.0. The van der Waals surface area contributed by atoms with Gasteiger partial charge in [-0.15, -0.1) is 0 Å². The van der Waals surface area contributed by atoms with Crippen LogP contribution in [0.1, 0.15) is 26.3 Å². The number of halogens is 1. The third kappa shape index (κ3) is 2.69. The largest absolute Gasteiger partial charge is 0.443 e. The Kier molecular flexibility index (Phi) is 4.37. The number of anilines is 1. The number of carbonyl (C=O) groups is 3. The molecule has 0 aliphatic carbocycles. The van der Waals surface area contributed by atoms with E-state index in [0.29, 0.717) is 17.8 Å². The number of benzene rings is 1. The third-order valence-corrected chi connectivity index (χ3v) is 5.53. The van der Waals surface area contributed by atoms with Gasteiger partial charge in [0, 0.05) is 12.5 Å². The van der Waals surface area contributed by atoms with Gasteiger partial charge in [-0.1, -0.05) is 13.0 Å². The van der Waals surface area contributed by atoms with Crippen LogP contribution in [-0.4, -0.2) is 43.0 Å². The van der Waals surface area contributed by atoms with Crippen LogP contribution < -0.4 is 16.0 Å². The molecule has 2 heterocycles. The molecule has 0 saturated carbocycles. The number of hydrogen-bond acceptors (Lipinski definition) is 5. The molecule has 4 atom stereocenters. The number of ketones is 1. The first kappa shape index (κ1) is 18.2. The standard InChI is InChI=1S/C18H22FN3O4/c1-9-8-22(10(2)15(9)23)13-5-4-11(6-12(13)19)18(3,16(20)24)14-7-21-17(25)26-14/h4-6,9-10,14H,7-8H2,1-3H3,(H2,20,24)(H,21,25). The Morgan fingerprint density at radius 2 is 2.08 bits per heavy atom. The van der Waals surface area contributed by atoms with Gasteiger partial charge in [0.15, 0.2) is 5.78 Å². The Morgan fingerprint density at radius 1 is 1.38 bits per heavy atom. The first-order valence-corrected chi connectivity index (χ1v) is 8.51. The molecule has 0 bridgehead atoms. The molecule has 0 radical (unpaired) electrons. The fourth-order valence-corrected chi connectivity index (χ4v) is 3.68. The lowest BCUT2D eigenvalue weighted by atomic mass is 9.76. The SMILES string of the molecule is CC1CN(c2ccc(C(C)(C(N)=O)C3CNC(=O)O3)cc2F)C(C)C1=O. The molecular weight excluding hydrogens is 341 g/mol. The number of amides is 2. The van der Waals surface area contributed by atoms with Crippen molar-refractivity contribution in [3.05, 3.63) is 29.6 Å². The molecule has 0 aromatic heterocycles. The van der Waals surface area contributed by atoms with Crippen LogP contribution in [0, 0.1) is 11.7 Å². The van der Waals surface area contributed by atoms with E-state index in [-0.39, 0.29) is 18.2 Å². The molecule has 0 spiro atoms.